The molecule has 18 heavy (non-hydrogen) atoms. The summed E-state index contributed by atoms with van der Waals surface area (Å²) >= 11 is 3.32. The number of halogens is 1. The van der Waals surface area contributed by atoms with Gasteiger partial charge in [-0.3, -0.25) is 0 Å². The molecule has 1 aromatic carbocycles. The zero-order valence-electron chi connectivity index (χ0n) is 9.90. The highest BCUT2D eigenvalue weighted by Crippen LogP contribution is 2.31. The van der Waals surface area contributed by atoms with Gasteiger partial charge < -0.3 is 5.32 Å². The molecule has 0 saturated carbocycles. The van der Waals surface area contributed by atoms with Crippen LogP contribution in [0.2, 0.25) is 0 Å². The number of nitrogens with zero attached hydrogens (tertiary/aromatic N) is 1. The number of nitriles is 1. The van der Waals surface area contributed by atoms with Gasteiger partial charge in [-0.2, -0.15) is 5.26 Å². The van der Waals surface area contributed by atoms with Crippen molar-refractivity contribution in [2.45, 2.75) is 18.9 Å². The number of anilines is 1. The van der Waals surface area contributed by atoms with Crippen molar-refractivity contribution in [2.24, 2.45) is 0 Å². The van der Waals surface area contributed by atoms with E-state index in [1.54, 1.807) is 12.1 Å². The van der Waals surface area contributed by atoms with Gasteiger partial charge in [0.1, 0.15) is 6.07 Å². The Labute approximate surface area is 115 Å². The van der Waals surface area contributed by atoms with Crippen LogP contribution in [0.1, 0.15) is 18.9 Å². The Morgan fingerprint density at radius 2 is 2.22 bits per heavy atom. The average Bonchev–Trinajstić information content (AvgIpc) is 2.53. The van der Waals surface area contributed by atoms with Crippen LogP contribution in [0.3, 0.4) is 0 Å². The number of rotatable bonds is 2. The van der Waals surface area contributed by atoms with Crippen molar-refractivity contribution >= 4 is 31.5 Å². The van der Waals surface area contributed by atoms with Crippen LogP contribution in [0.25, 0.3) is 0 Å². The van der Waals surface area contributed by atoms with E-state index in [4.69, 9.17) is 5.26 Å². The Bertz CT molecular complexity index is 621. The molecule has 0 radical (unpaired) electrons. The fourth-order valence-electron chi connectivity index (χ4n) is 2.18. The minimum Gasteiger partial charge on any atom is -0.378 e. The lowest BCUT2D eigenvalue weighted by Crippen LogP contribution is -2.36. The summed E-state index contributed by atoms with van der Waals surface area (Å²) in [6, 6.07) is 7.52. The Kier molecular flexibility index (Phi) is 3.39. The van der Waals surface area contributed by atoms with Crippen molar-refractivity contribution in [1.29, 1.82) is 5.26 Å². The molecule has 96 valence electrons. The van der Waals surface area contributed by atoms with Gasteiger partial charge in [-0.1, -0.05) is 6.07 Å². The first-order valence-electron chi connectivity index (χ1n) is 5.52. The van der Waals surface area contributed by atoms with Gasteiger partial charge in [-0.15, -0.1) is 0 Å². The number of hydrogen-bond donors (Lipinski definition) is 1. The lowest BCUT2D eigenvalue weighted by Gasteiger charge is -2.26. The van der Waals surface area contributed by atoms with Crippen LogP contribution in [0.15, 0.2) is 22.7 Å². The molecule has 1 fully saturated rings. The summed E-state index contributed by atoms with van der Waals surface area (Å²) in [6.45, 7) is 1.87. The third-order valence-corrected chi connectivity index (χ3v) is 5.63. The Hall–Kier alpha value is -1.06. The summed E-state index contributed by atoms with van der Waals surface area (Å²) in [5.41, 5.74) is 0.681. The number of nitrogens with one attached hydrogen (secondary N) is 1. The molecular weight excluding hydrogens is 316 g/mol. The zero-order valence-corrected chi connectivity index (χ0v) is 12.3. The lowest BCUT2D eigenvalue weighted by atomic mass is 10.0. The monoisotopic (exact) mass is 328 g/mol. The fourth-order valence-corrected chi connectivity index (χ4v) is 4.72. The first-order chi connectivity index (χ1) is 8.35. The molecule has 1 aromatic rings. The average molecular weight is 329 g/mol. The van der Waals surface area contributed by atoms with Gasteiger partial charge in [0.2, 0.25) is 0 Å². The maximum Gasteiger partial charge on any atom is 0.152 e. The SMILES string of the molecule is CC1(Nc2cccc(Br)c2C#N)CCS(=O)(=O)C1. The quantitative estimate of drug-likeness (QED) is 0.904. The largest absolute Gasteiger partial charge is 0.378 e. The molecule has 1 heterocycles. The highest BCUT2D eigenvalue weighted by Gasteiger charge is 2.38. The van der Waals surface area contributed by atoms with E-state index in [0.717, 1.165) is 0 Å². The van der Waals surface area contributed by atoms with Crippen LogP contribution in [0.5, 0.6) is 0 Å². The summed E-state index contributed by atoms with van der Waals surface area (Å²) in [5, 5.41) is 12.3. The third kappa shape index (κ3) is 2.68. The minimum atomic E-state index is -2.96. The summed E-state index contributed by atoms with van der Waals surface area (Å²) < 4.78 is 23.8. The van der Waals surface area contributed by atoms with Crippen LogP contribution in [-0.2, 0) is 9.84 Å². The van der Waals surface area contributed by atoms with Crippen LogP contribution in [-0.4, -0.2) is 25.5 Å². The van der Waals surface area contributed by atoms with E-state index < -0.39 is 15.4 Å². The molecule has 1 saturated heterocycles. The van der Waals surface area contributed by atoms with Crippen molar-refractivity contribution in [1.82, 2.24) is 0 Å². The van der Waals surface area contributed by atoms with E-state index >= 15 is 0 Å². The topological polar surface area (TPSA) is 70.0 Å². The standard InChI is InChI=1S/C12H13BrN2O2S/c1-12(5-6-18(16,17)8-12)15-11-4-2-3-10(13)9(11)7-14/h2-4,15H,5-6,8H2,1H3. The highest BCUT2D eigenvalue weighted by molar-refractivity contribution is 9.10. The van der Waals surface area contributed by atoms with Crippen LogP contribution in [0.4, 0.5) is 5.69 Å². The smallest absolute Gasteiger partial charge is 0.152 e. The number of sulfone groups is 1. The van der Waals surface area contributed by atoms with Gasteiger partial charge in [-0.05, 0) is 41.4 Å². The van der Waals surface area contributed by atoms with Crippen molar-refractivity contribution in [3.8, 4) is 6.07 Å². The van der Waals surface area contributed by atoms with Gasteiger partial charge in [0, 0.05) is 10.0 Å². The second-order valence-corrected chi connectivity index (χ2v) is 7.84. The summed E-state index contributed by atoms with van der Waals surface area (Å²) in [7, 11) is -2.96. The van der Waals surface area contributed by atoms with Crippen molar-refractivity contribution in [3.63, 3.8) is 0 Å². The van der Waals surface area contributed by atoms with E-state index in [-0.39, 0.29) is 11.5 Å². The van der Waals surface area contributed by atoms with Crippen molar-refractivity contribution in [3.05, 3.63) is 28.2 Å². The predicted molar refractivity (Wildman–Crippen MR) is 74.2 cm³/mol. The summed E-state index contributed by atoms with van der Waals surface area (Å²) in [5.74, 6) is 0.309. The zero-order chi connectivity index (χ0) is 13.4. The van der Waals surface area contributed by atoms with E-state index in [9.17, 15) is 8.42 Å². The predicted octanol–water partition coefficient (Wildman–Crippen LogP) is 2.31. The van der Waals surface area contributed by atoms with Crippen molar-refractivity contribution in [2.75, 3.05) is 16.8 Å². The Morgan fingerprint density at radius 1 is 1.50 bits per heavy atom. The van der Waals surface area contributed by atoms with Gasteiger partial charge in [0.05, 0.1) is 22.8 Å². The van der Waals surface area contributed by atoms with Crippen LogP contribution in [0, 0.1) is 11.3 Å². The number of benzene rings is 1. The molecule has 1 atom stereocenters. The molecule has 0 amide bonds. The van der Waals surface area contributed by atoms with Crippen LogP contribution < -0.4 is 5.32 Å². The second kappa shape index (κ2) is 4.56. The minimum absolute atomic E-state index is 0.109. The molecule has 0 spiro atoms. The first kappa shape index (κ1) is 13.4. The molecule has 1 N–H and O–H groups in total. The maximum absolute atomic E-state index is 11.5. The molecule has 2 rings (SSSR count). The second-order valence-electron chi connectivity index (χ2n) is 4.80. The highest BCUT2D eigenvalue weighted by atomic mass is 79.9. The fraction of sp³-hybridized carbons (Fsp3) is 0.417. The van der Waals surface area contributed by atoms with E-state index in [1.165, 1.54) is 0 Å². The van der Waals surface area contributed by atoms with Gasteiger partial charge in [-0.25, -0.2) is 8.42 Å². The van der Waals surface area contributed by atoms with E-state index in [1.807, 2.05) is 13.0 Å². The molecular formula is C12H13BrN2O2S. The lowest BCUT2D eigenvalue weighted by molar-refractivity contribution is 0.574. The molecule has 0 bridgehead atoms. The van der Waals surface area contributed by atoms with Crippen molar-refractivity contribution < 1.29 is 8.42 Å². The molecule has 0 aromatic heterocycles. The molecule has 4 nitrogen and oxygen atoms in total. The van der Waals surface area contributed by atoms with Gasteiger partial charge in [0.25, 0.3) is 0 Å². The normalized spacial score (nSPS) is 25.6. The number of hydrogen-bond acceptors (Lipinski definition) is 4. The Morgan fingerprint density at radius 3 is 2.78 bits per heavy atom. The maximum atomic E-state index is 11.5. The van der Waals surface area contributed by atoms with Crippen LogP contribution >= 0.6 is 15.9 Å². The van der Waals surface area contributed by atoms with Gasteiger partial charge >= 0.3 is 0 Å². The third-order valence-electron chi connectivity index (χ3n) is 3.07. The molecule has 1 unspecified atom stereocenters. The van der Waals surface area contributed by atoms with E-state index in [2.05, 4.69) is 27.3 Å². The Balaban J connectivity index is 2.31. The van der Waals surface area contributed by atoms with E-state index in [0.29, 0.717) is 22.1 Å². The molecule has 6 heteroatoms. The first-order valence-corrected chi connectivity index (χ1v) is 8.14. The van der Waals surface area contributed by atoms with Gasteiger partial charge in [0.15, 0.2) is 9.84 Å². The molecule has 1 aliphatic rings. The molecule has 0 aliphatic carbocycles. The summed E-state index contributed by atoms with van der Waals surface area (Å²) in [6.07, 6.45) is 0.562. The summed E-state index contributed by atoms with van der Waals surface area (Å²) in [4.78, 5) is 0. The molecule has 1 aliphatic heterocycles.